The van der Waals surface area contributed by atoms with Crippen molar-refractivity contribution in [1.29, 1.82) is 0 Å². The second kappa shape index (κ2) is 6.39. The highest BCUT2D eigenvalue weighted by molar-refractivity contribution is 6.43. The van der Waals surface area contributed by atoms with Gasteiger partial charge in [-0.3, -0.25) is 0 Å². The molecule has 1 aromatic heterocycles. The van der Waals surface area contributed by atoms with Crippen molar-refractivity contribution in [2.24, 2.45) is 5.92 Å². The van der Waals surface area contributed by atoms with Gasteiger partial charge in [0.2, 0.25) is 0 Å². The largest absolute Gasteiger partial charge is 0.399 e. The number of nitrogen functional groups attached to an aromatic ring is 1. The lowest BCUT2D eigenvalue weighted by Gasteiger charge is -2.12. The van der Waals surface area contributed by atoms with Crippen LogP contribution in [0.3, 0.4) is 0 Å². The van der Waals surface area contributed by atoms with Crippen molar-refractivity contribution in [3.8, 4) is 11.4 Å². The van der Waals surface area contributed by atoms with Crippen LogP contribution in [0.2, 0.25) is 10.0 Å². The molecule has 1 atom stereocenters. The zero-order chi connectivity index (χ0) is 14.7. The number of tetrazole rings is 1. The molecule has 20 heavy (non-hydrogen) atoms. The molecule has 108 valence electrons. The Balaban J connectivity index is 2.37. The Bertz CT molecular complexity index is 602. The van der Waals surface area contributed by atoms with Crippen molar-refractivity contribution in [1.82, 2.24) is 20.2 Å². The Morgan fingerprint density at radius 1 is 1.40 bits per heavy atom. The quantitative estimate of drug-likeness (QED) is 0.858. The third-order valence-corrected chi connectivity index (χ3v) is 3.56. The van der Waals surface area contributed by atoms with Gasteiger partial charge < -0.3 is 10.5 Å². The molecule has 0 aliphatic carbocycles. The highest BCUT2D eigenvalue weighted by Crippen LogP contribution is 2.34. The molecule has 1 unspecified atom stereocenters. The van der Waals surface area contributed by atoms with Gasteiger partial charge in [-0.2, -0.15) is 0 Å². The maximum Gasteiger partial charge on any atom is 0.183 e. The Morgan fingerprint density at radius 3 is 2.85 bits per heavy atom. The van der Waals surface area contributed by atoms with Crippen LogP contribution in [0, 0.1) is 5.92 Å². The smallest absolute Gasteiger partial charge is 0.183 e. The van der Waals surface area contributed by atoms with Gasteiger partial charge in [-0.25, -0.2) is 4.68 Å². The first-order valence-electron chi connectivity index (χ1n) is 6.03. The zero-order valence-electron chi connectivity index (χ0n) is 11.2. The summed E-state index contributed by atoms with van der Waals surface area (Å²) in [5.41, 5.74) is 6.92. The molecule has 6 nitrogen and oxygen atoms in total. The summed E-state index contributed by atoms with van der Waals surface area (Å²) in [6.07, 6.45) is 0. The van der Waals surface area contributed by atoms with Gasteiger partial charge in [-0.15, -0.1) is 5.10 Å². The van der Waals surface area contributed by atoms with E-state index in [2.05, 4.69) is 15.5 Å². The maximum atomic E-state index is 6.21. The Kier molecular flexibility index (Phi) is 4.80. The monoisotopic (exact) mass is 315 g/mol. The number of methoxy groups -OCH3 is 1. The van der Waals surface area contributed by atoms with Crippen LogP contribution in [-0.4, -0.2) is 33.9 Å². The third kappa shape index (κ3) is 3.20. The molecule has 0 fully saturated rings. The molecule has 0 amide bonds. The summed E-state index contributed by atoms with van der Waals surface area (Å²) >= 11 is 12.2. The third-order valence-electron chi connectivity index (χ3n) is 2.76. The number of hydrogen-bond acceptors (Lipinski definition) is 5. The second-order valence-electron chi connectivity index (χ2n) is 4.61. The number of halogens is 2. The average Bonchev–Trinajstić information content (AvgIpc) is 2.82. The molecule has 2 aromatic rings. The summed E-state index contributed by atoms with van der Waals surface area (Å²) in [7, 11) is 1.66. The molecule has 0 saturated carbocycles. The fourth-order valence-corrected chi connectivity index (χ4v) is 2.35. The van der Waals surface area contributed by atoms with Gasteiger partial charge >= 0.3 is 0 Å². The predicted octanol–water partition coefficient (Wildman–Crippen LogP) is 2.51. The highest BCUT2D eigenvalue weighted by atomic mass is 35.5. The molecular formula is C12H15Cl2N5O. The first-order chi connectivity index (χ1) is 9.52. The van der Waals surface area contributed by atoms with E-state index in [1.54, 1.807) is 23.9 Å². The summed E-state index contributed by atoms with van der Waals surface area (Å²) in [4.78, 5) is 0. The Hall–Kier alpha value is -1.37. The molecule has 0 bridgehead atoms. The Morgan fingerprint density at radius 2 is 2.15 bits per heavy atom. The van der Waals surface area contributed by atoms with Crippen molar-refractivity contribution in [3.05, 3.63) is 22.2 Å². The summed E-state index contributed by atoms with van der Waals surface area (Å²) < 4.78 is 6.78. The lowest BCUT2D eigenvalue weighted by Crippen LogP contribution is -2.15. The molecule has 0 saturated heterocycles. The van der Waals surface area contributed by atoms with Crippen LogP contribution < -0.4 is 5.73 Å². The lowest BCUT2D eigenvalue weighted by atomic mass is 10.1. The van der Waals surface area contributed by atoms with Crippen molar-refractivity contribution in [3.63, 3.8) is 0 Å². The standard InChI is InChI=1S/C12H15Cl2N5O/c1-7(6-20-2)5-19-12(16-17-18-19)9-3-8(15)4-10(13)11(9)14/h3-4,7H,5-6,15H2,1-2H3. The summed E-state index contributed by atoms with van der Waals surface area (Å²) in [5.74, 6) is 0.796. The molecular weight excluding hydrogens is 301 g/mol. The summed E-state index contributed by atoms with van der Waals surface area (Å²) in [5, 5.41) is 12.4. The van der Waals surface area contributed by atoms with Crippen molar-refractivity contribution < 1.29 is 4.74 Å². The first-order valence-corrected chi connectivity index (χ1v) is 6.78. The van der Waals surface area contributed by atoms with Crippen LogP contribution >= 0.6 is 23.2 Å². The fourth-order valence-electron chi connectivity index (χ4n) is 1.93. The Labute approximate surface area is 126 Å². The number of ether oxygens (including phenoxy) is 1. The van der Waals surface area contributed by atoms with E-state index in [1.165, 1.54) is 0 Å². The van der Waals surface area contributed by atoms with E-state index in [4.69, 9.17) is 33.7 Å². The second-order valence-corrected chi connectivity index (χ2v) is 5.39. The van der Waals surface area contributed by atoms with E-state index in [0.29, 0.717) is 40.3 Å². The van der Waals surface area contributed by atoms with E-state index < -0.39 is 0 Å². The van der Waals surface area contributed by atoms with Gasteiger partial charge in [-0.1, -0.05) is 30.1 Å². The van der Waals surface area contributed by atoms with Crippen LogP contribution in [0.4, 0.5) is 5.69 Å². The lowest BCUT2D eigenvalue weighted by molar-refractivity contribution is 0.149. The molecule has 0 radical (unpaired) electrons. The van der Waals surface area contributed by atoms with E-state index in [9.17, 15) is 0 Å². The number of nitrogens with two attached hydrogens (primary N) is 1. The number of nitrogens with zero attached hydrogens (tertiary/aromatic N) is 4. The minimum absolute atomic E-state index is 0.262. The first kappa shape index (κ1) is 15.0. The van der Waals surface area contributed by atoms with E-state index >= 15 is 0 Å². The molecule has 2 N–H and O–H groups in total. The number of rotatable bonds is 5. The van der Waals surface area contributed by atoms with Crippen LogP contribution in [0.15, 0.2) is 12.1 Å². The minimum Gasteiger partial charge on any atom is -0.399 e. The van der Waals surface area contributed by atoms with Crippen molar-refractivity contribution >= 4 is 28.9 Å². The van der Waals surface area contributed by atoms with Crippen LogP contribution in [0.1, 0.15) is 6.92 Å². The van der Waals surface area contributed by atoms with Crippen LogP contribution in [-0.2, 0) is 11.3 Å². The average molecular weight is 316 g/mol. The molecule has 0 spiro atoms. The SMILES string of the molecule is COCC(C)Cn1nnnc1-c1cc(N)cc(Cl)c1Cl. The van der Waals surface area contributed by atoms with E-state index in [-0.39, 0.29) is 5.92 Å². The van der Waals surface area contributed by atoms with Gasteiger partial charge in [0.25, 0.3) is 0 Å². The predicted molar refractivity (Wildman–Crippen MR) is 78.7 cm³/mol. The van der Waals surface area contributed by atoms with E-state index in [0.717, 1.165) is 0 Å². The molecule has 1 aromatic carbocycles. The summed E-state index contributed by atoms with van der Waals surface area (Å²) in [6.45, 7) is 3.27. The molecule has 0 aliphatic rings. The summed E-state index contributed by atoms with van der Waals surface area (Å²) in [6, 6.07) is 3.30. The number of benzene rings is 1. The molecule has 8 heteroatoms. The van der Waals surface area contributed by atoms with Gasteiger partial charge in [-0.05, 0) is 28.5 Å². The fraction of sp³-hybridized carbons (Fsp3) is 0.417. The number of anilines is 1. The van der Waals surface area contributed by atoms with Crippen LogP contribution in [0.25, 0.3) is 11.4 Å². The van der Waals surface area contributed by atoms with E-state index in [1.807, 2.05) is 6.92 Å². The van der Waals surface area contributed by atoms with Gasteiger partial charge in [0.1, 0.15) is 0 Å². The number of hydrogen-bond donors (Lipinski definition) is 1. The van der Waals surface area contributed by atoms with Gasteiger partial charge in [0.15, 0.2) is 5.82 Å². The van der Waals surface area contributed by atoms with Crippen LogP contribution in [0.5, 0.6) is 0 Å². The molecule has 2 rings (SSSR count). The van der Waals surface area contributed by atoms with Crippen molar-refractivity contribution in [2.75, 3.05) is 19.5 Å². The topological polar surface area (TPSA) is 78.8 Å². The number of aromatic nitrogens is 4. The minimum atomic E-state index is 0.262. The van der Waals surface area contributed by atoms with Gasteiger partial charge in [0, 0.05) is 24.9 Å². The van der Waals surface area contributed by atoms with Gasteiger partial charge in [0.05, 0.1) is 16.7 Å². The highest BCUT2D eigenvalue weighted by Gasteiger charge is 2.17. The maximum absolute atomic E-state index is 6.21. The normalized spacial score (nSPS) is 12.6. The zero-order valence-corrected chi connectivity index (χ0v) is 12.7. The van der Waals surface area contributed by atoms with Crippen molar-refractivity contribution in [2.45, 2.75) is 13.5 Å². The molecule has 0 aliphatic heterocycles. The molecule has 1 heterocycles.